The fourth-order valence-corrected chi connectivity index (χ4v) is 3.43. The van der Waals surface area contributed by atoms with E-state index in [1.165, 1.54) is 6.26 Å². The van der Waals surface area contributed by atoms with Crippen LogP contribution in [0.4, 0.5) is 0 Å². The largest absolute Gasteiger partial charge is 0.375 e. The van der Waals surface area contributed by atoms with Gasteiger partial charge < -0.3 is 15.0 Å². The van der Waals surface area contributed by atoms with Crippen molar-refractivity contribution in [1.82, 2.24) is 15.2 Å². The van der Waals surface area contributed by atoms with Crippen molar-refractivity contribution in [3.8, 4) is 0 Å². The highest BCUT2D eigenvalue weighted by atomic mass is 32.2. The third-order valence-electron chi connectivity index (χ3n) is 3.22. The van der Waals surface area contributed by atoms with Gasteiger partial charge >= 0.3 is 0 Å². The molecule has 0 bridgehead atoms. The Morgan fingerprint density at radius 3 is 2.83 bits per heavy atom. The van der Waals surface area contributed by atoms with Crippen LogP contribution in [-0.2, 0) is 21.1 Å². The van der Waals surface area contributed by atoms with E-state index in [1.807, 2.05) is 24.3 Å². The van der Waals surface area contributed by atoms with Crippen molar-refractivity contribution in [2.75, 3.05) is 39.8 Å². The molecule has 1 heterocycles. The summed E-state index contributed by atoms with van der Waals surface area (Å²) in [6, 6.07) is 0. The molecule has 0 aliphatic carbocycles. The summed E-state index contributed by atoms with van der Waals surface area (Å²) in [5.74, 6) is 0.887. The molecule has 1 rings (SSSR count). The molecule has 1 atom stereocenters. The number of ether oxygens (including phenoxy) is 1. The summed E-state index contributed by atoms with van der Waals surface area (Å²) in [6.07, 6.45) is 1.79. The van der Waals surface area contributed by atoms with E-state index < -0.39 is 9.84 Å². The summed E-state index contributed by atoms with van der Waals surface area (Å²) in [6.45, 7) is 3.15. The molecule has 1 unspecified atom stereocenters. The molecule has 1 aromatic heterocycles. The van der Waals surface area contributed by atoms with Crippen molar-refractivity contribution in [2.24, 2.45) is 4.99 Å². The number of nitrogens with zero attached hydrogens (tertiary/aromatic N) is 3. The summed E-state index contributed by atoms with van der Waals surface area (Å²) in [7, 11) is 2.37. The number of rotatable bonds is 8. The average molecular weight is 363 g/mol. The van der Waals surface area contributed by atoms with Crippen LogP contribution in [0.5, 0.6) is 0 Å². The SMILES string of the molecule is CN=C(NCCCS(C)(=O)=O)N(C)Cc1csc(C(C)OC)n1. The molecular formula is C14H26N4O3S2. The van der Waals surface area contributed by atoms with Crippen molar-refractivity contribution in [3.05, 3.63) is 16.1 Å². The Morgan fingerprint density at radius 2 is 2.26 bits per heavy atom. The standard InChI is InChI=1S/C14H26N4O3S2/c1-11(21-4)13-17-12(10-22-13)9-18(3)14(15-2)16-7-6-8-23(5,19)20/h10-11H,6-9H2,1-5H3,(H,15,16). The molecule has 1 aromatic rings. The highest BCUT2D eigenvalue weighted by Gasteiger charge is 2.12. The molecular weight excluding hydrogens is 336 g/mol. The van der Waals surface area contributed by atoms with Gasteiger partial charge in [0.2, 0.25) is 0 Å². The summed E-state index contributed by atoms with van der Waals surface area (Å²) >= 11 is 1.58. The second-order valence-corrected chi connectivity index (χ2v) is 8.52. The highest BCUT2D eigenvalue weighted by Crippen LogP contribution is 2.20. The van der Waals surface area contributed by atoms with Gasteiger partial charge in [-0.3, -0.25) is 4.99 Å². The van der Waals surface area contributed by atoms with E-state index >= 15 is 0 Å². The monoisotopic (exact) mass is 362 g/mol. The second-order valence-electron chi connectivity index (χ2n) is 5.37. The number of methoxy groups -OCH3 is 1. The maximum Gasteiger partial charge on any atom is 0.193 e. The Labute approximate surface area is 142 Å². The van der Waals surface area contributed by atoms with Crippen molar-refractivity contribution in [3.63, 3.8) is 0 Å². The van der Waals surface area contributed by atoms with Crippen LogP contribution in [0.2, 0.25) is 0 Å². The minimum atomic E-state index is -2.92. The number of thiazole rings is 1. The van der Waals surface area contributed by atoms with E-state index in [0.717, 1.165) is 10.7 Å². The second kappa shape index (κ2) is 9.19. The number of hydrogen-bond donors (Lipinski definition) is 1. The van der Waals surface area contributed by atoms with Gasteiger partial charge in [0, 0.05) is 39.4 Å². The molecule has 0 aliphatic heterocycles. The smallest absolute Gasteiger partial charge is 0.193 e. The maximum atomic E-state index is 11.1. The van der Waals surface area contributed by atoms with Gasteiger partial charge in [-0.15, -0.1) is 11.3 Å². The quantitative estimate of drug-likeness (QED) is 0.426. The van der Waals surface area contributed by atoms with E-state index in [-0.39, 0.29) is 11.9 Å². The van der Waals surface area contributed by atoms with Crippen LogP contribution in [0.1, 0.15) is 30.2 Å². The lowest BCUT2D eigenvalue weighted by Crippen LogP contribution is -2.39. The highest BCUT2D eigenvalue weighted by molar-refractivity contribution is 7.90. The molecule has 0 saturated carbocycles. The molecule has 0 radical (unpaired) electrons. The van der Waals surface area contributed by atoms with Gasteiger partial charge in [0.15, 0.2) is 5.96 Å². The lowest BCUT2D eigenvalue weighted by atomic mass is 10.4. The Kier molecular flexibility index (Phi) is 7.93. The molecule has 0 aliphatic rings. The van der Waals surface area contributed by atoms with Gasteiger partial charge in [-0.25, -0.2) is 13.4 Å². The topological polar surface area (TPSA) is 83.9 Å². The molecule has 0 fully saturated rings. The van der Waals surface area contributed by atoms with E-state index in [0.29, 0.717) is 25.5 Å². The molecule has 7 nitrogen and oxygen atoms in total. The maximum absolute atomic E-state index is 11.1. The summed E-state index contributed by atoms with van der Waals surface area (Å²) < 4.78 is 27.5. The van der Waals surface area contributed by atoms with Gasteiger partial charge in [0.25, 0.3) is 0 Å². The third-order valence-corrected chi connectivity index (χ3v) is 5.30. The Hall–Kier alpha value is -1.19. The zero-order valence-corrected chi connectivity index (χ0v) is 16.0. The van der Waals surface area contributed by atoms with Crippen LogP contribution in [0.25, 0.3) is 0 Å². The van der Waals surface area contributed by atoms with Crippen LogP contribution in [0, 0.1) is 0 Å². The Morgan fingerprint density at radius 1 is 1.57 bits per heavy atom. The van der Waals surface area contributed by atoms with E-state index in [1.54, 1.807) is 25.5 Å². The summed E-state index contributed by atoms with van der Waals surface area (Å²) in [5, 5.41) is 6.13. The number of hydrogen-bond acceptors (Lipinski definition) is 6. The minimum Gasteiger partial charge on any atom is -0.375 e. The van der Waals surface area contributed by atoms with Crippen LogP contribution in [-0.4, -0.2) is 64.0 Å². The lowest BCUT2D eigenvalue weighted by Gasteiger charge is -2.21. The molecule has 23 heavy (non-hydrogen) atoms. The van der Waals surface area contributed by atoms with Crippen molar-refractivity contribution in [1.29, 1.82) is 0 Å². The van der Waals surface area contributed by atoms with Crippen LogP contribution >= 0.6 is 11.3 Å². The molecule has 0 spiro atoms. The summed E-state index contributed by atoms with van der Waals surface area (Å²) in [5.41, 5.74) is 0.954. The predicted molar refractivity (Wildman–Crippen MR) is 94.7 cm³/mol. The van der Waals surface area contributed by atoms with E-state index in [9.17, 15) is 8.42 Å². The molecule has 9 heteroatoms. The van der Waals surface area contributed by atoms with Gasteiger partial charge in [-0.2, -0.15) is 0 Å². The van der Waals surface area contributed by atoms with Gasteiger partial charge in [-0.05, 0) is 13.3 Å². The van der Waals surface area contributed by atoms with Crippen LogP contribution in [0.15, 0.2) is 10.4 Å². The Bertz CT molecular complexity index is 613. The first-order valence-corrected chi connectivity index (χ1v) is 10.3. The molecule has 1 N–H and O–H groups in total. The molecule has 0 aromatic carbocycles. The van der Waals surface area contributed by atoms with E-state index in [4.69, 9.17) is 4.74 Å². The van der Waals surface area contributed by atoms with Crippen molar-refractivity contribution >= 4 is 27.1 Å². The first kappa shape index (κ1) is 19.9. The minimum absolute atomic E-state index is 0.00696. The van der Waals surface area contributed by atoms with Crippen LogP contribution in [0.3, 0.4) is 0 Å². The average Bonchev–Trinajstić information content (AvgIpc) is 2.93. The molecule has 0 amide bonds. The number of aromatic nitrogens is 1. The normalized spacial score (nSPS) is 13.9. The first-order chi connectivity index (χ1) is 10.8. The lowest BCUT2D eigenvalue weighted by molar-refractivity contribution is 0.119. The van der Waals surface area contributed by atoms with Gasteiger partial charge in [0.05, 0.1) is 18.0 Å². The zero-order chi connectivity index (χ0) is 17.5. The zero-order valence-electron chi connectivity index (χ0n) is 14.4. The molecule has 132 valence electrons. The third kappa shape index (κ3) is 7.28. The first-order valence-electron chi connectivity index (χ1n) is 7.33. The fraction of sp³-hybridized carbons (Fsp3) is 0.714. The van der Waals surface area contributed by atoms with E-state index in [2.05, 4.69) is 15.3 Å². The van der Waals surface area contributed by atoms with Gasteiger partial charge in [0.1, 0.15) is 20.9 Å². The summed E-state index contributed by atoms with van der Waals surface area (Å²) in [4.78, 5) is 10.7. The fourth-order valence-electron chi connectivity index (χ4n) is 1.92. The number of aliphatic imine (C=N–C) groups is 1. The van der Waals surface area contributed by atoms with Crippen molar-refractivity contribution < 1.29 is 13.2 Å². The van der Waals surface area contributed by atoms with Crippen molar-refractivity contribution in [2.45, 2.75) is 26.0 Å². The number of nitrogens with one attached hydrogen (secondary N) is 1. The Balaban J connectivity index is 2.50. The predicted octanol–water partition coefficient (Wildman–Crippen LogP) is 1.29. The number of sulfone groups is 1. The molecule has 0 saturated heterocycles. The van der Waals surface area contributed by atoms with Gasteiger partial charge in [-0.1, -0.05) is 0 Å². The number of guanidine groups is 1. The van der Waals surface area contributed by atoms with Crippen LogP contribution < -0.4 is 5.32 Å².